The summed E-state index contributed by atoms with van der Waals surface area (Å²) in [5, 5.41) is 0. The summed E-state index contributed by atoms with van der Waals surface area (Å²) in [5.41, 5.74) is 6.26. The van der Waals surface area contributed by atoms with E-state index in [0.29, 0.717) is 0 Å². The third-order valence-electron chi connectivity index (χ3n) is 3.61. The zero-order chi connectivity index (χ0) is 20.5. The van der Waals surface area contributed by atoms with Gasteiger partial charge in [0, 0.05) is 4.91 Å². The van der Waals surface area contributed by atoms with Gasteiger partial charge >= 0.3 is 0 Å². The summed E-state index contributed by atoms with van der Waals surface area (Å²) in [6.07, 6.45) is 8.89. The Morgan fingerprint density at radius 2 is 1.81 bits per heavy atom. The van der Waals surface area contributed by atoms with Crippen molar-refractivity contribution in [3.8, 4) is 0 Å². The summed E-state index contributed by atoms with van der Waals surface area (Å²) in [4.78, 5) is 4.49. The molecule has 1 rings (SSSR count). The Balaban J connectivity index is 0. The first-order valence-electron chi connectivity index (χ1n) is 9.12. The van der Waals surface area contributed by atoms with E-state index < -0.39 is 0 Å². The highest BCUT2D eigenvalue weighted by molar-refractivity contribution is 7.84. The van der Waals surface area contributed by atoms with Gasteiger partial charge in [0.2, 0.25) is 0 Å². The lowest BCUT2D eigenvalue weighted by Gasteiger charge is -2.01. The van der Waals surface area contributed by atoms with Crippen LogP contribution in [0.4, 0.5) is 0 Å². The molecule has 144 valence electrons. The molecule has 0 spiro atoms. The lowest BCUT2D eigenvalue weighted by atomic mass is 10.1. The number of hydrogen-bond donors (Lipinski definition) is 1. The molecule has 0 aliphatic heterocycles. The van der Waals surface area contributed by atoms with Crippen LogP contribution in [0.3, 0.4) is 0 Å². The Morgan fingerprint density at radius 3 is 2.12 bits per heavy atom. The van der Waals surface area contributed by atoms with Gasteiger partial charge < -0.3 is 0 Å². The molecular weight excluding hydrogens is 334 g/mol. The molecule has 0 saturated heterocycles. The molecular formula is C24H37NS. The monoisotopic (exact) mass is 371 g/mol. The first kappa shape index (κ1) is 26.4. The van der Waals surface area contributed by atoms with Crippen molar-refractivity contribution in [3.05, 3.63) is 82.5 Å². The van der Waals surface area contributed by atoms with E-state index in [1.807, 2.05) is 19.1 Å². The lowest BCUT2D eigenvalue weighted by Crippen LogP contribution is -1.84. The number of hydrogen-bond acceptors (Lipinski definition) is 2. The summed E-state index contributed by atoms with van der Waals surface area (Å²) in [5.74, 6) is 0. The van der Waals surface area contributed by atoms with Gasteiger partial charge in [0.25, 0.3) is 0 Å². The van der Waals surface area contributed by atoms with Gasteiger partial charge in [-0.3, -0.25) is 4.99 Å². The van der Waals surface area contributed by atoms with Crippen molar-refractivity contribution in [2.75, 3.05) is 0 Å². The van der Waals surface area contributed by atoms with Crippen molar-refractivity contribution in [2.45, 2.75) is 60.8 Å². The minimum atomic E-state index is 0.744. The molecule has 1 aromatic carbocycles. The van der Waals surface area contributed by atoms with Crippen LogP contribution >= 0.6 is 12.6 Å². The number of nitrogens with zero attached hydrogens (tertiary/aromatic N) is 1. The quantitative estimate of drug-likeness (QED) is 0.226. The fourth-order valence-electron chi connectivity index (χ4n) is 1.93. The average molecular weight is 372 g/mol. The fraction of sp³-hybridized carbons (Fsp3) is 0.375. The topological polar surface area (TPSA) is 12.4 Å². The molecule has 0 N–H and O–H groups in total. The largest absolute Gasteiger partial charge is 0.264 e. The van der Waals surface area contributed by atoms with Gasteiger partial charge in [-0.2, -0.15) is 0 Å². The standard InChI is InChI=1S/C10H14.C8H11NS.C6H12/c1-4-10-6-5-8(2)9(3)7-10;1-4-6-7(9-3)8(10)5-2;1-4-5-6(2)3/h5-7H,4H2,1-3H3;4-6,10H,2-3H2,1H3;2,4-5H2,1,3H3/b;6-4-,8-7-;. The molecule has 0 bridgehead atoms. The number of aryl methyl sites for hydroxylation is 3. The molecule has 0 aliphatic rings. The molecule has 0 aromatic heterocycles. The fourth-order valence-corrected chi connectivity index (χ4v) is 2.08. The maximum atomic E-state index is 4.12. The summed E-state index contributed by atoms with van der Waals surface area (Å²) in [6.45, 7) is 23.3. The van der Waals surface area contributed by atoms with Gasteiger partial charge in [0.1, 0.15) is 0 Å². The van der Waals surface area contributed by atoms with E-state index >= 15 is 0 Å². The van der Waals surface area contributed by atoms with Crippen molar-refractivity contribution in [2.24, 2.45) is 4.99 Å². The molecule has 0 atom stereocenters. The number of thiol groups is 1. The molecule has 0 heterocycles. The molecule has 0 radical (unpaired) electrons. The molecule has 1 aromatic rings. The zero-order valence-corrected chi connectivity index (χ0v) is 18.5. The van der Waals surface area contributed by atoms with Crippen molar-refractivity contribution < 1.29 is 0 Å². The third-order valence-corrected chi connectivity index (χ3v) is 4.02. The molecule has 0 fully saturated rings. The molecule has 0 saturated carbocycles. The Kier molecular flexibility index (Phi) is 16.9. The Hall–Kier alpha value is -1.80. The van der Waals surface area contributed by atoms with Crippen LogP contribution in [0.2, 0.25) is 0 Å². The molecule has 0 amide bonds. The number of aliphatic imine (C=N–C) groups is 1. The summed E-state index contributed by atoms with van der Waals surface area (Å²) in [7, 11) is 0. The van der Waals surface area contributed by atoms with Gasteiger partial charge in [-0.05, 0) is 70.0 Å². The van der Waals surface area contributed by atoms with Gasteiger partial charge in [0.05, 0.1) is 5.70 Å². The molecule has 2 heteroatoms. The molecule has 0 aliphatic carbocycles. The van der Waals surface area contributed by atoms with Gasteiger partial charge in [-0.15, -0.1) is 19.2 Å². The van der Waals surface area contributed by atoms with Crippen LogP contribution in [0.15, 0.2) is 70.8 Å². The Bertz CT molecular complexity index is 621. The first-order valence-corrected chi connectivity index (χ1v) is 9.57. The molecule has 26 heavy (non-hydrogen) atoms. The van der Waals surface area contributed by atoms with Crippen molar-refractivity contribution >= 4 is 19.3 Å². The molecule has 1 nitrogen and oxygen atoms in total. The van der Waals surface area contributed by atoms with Crippen LogP contribution in [0.1, 0.15) is 57.2 Å². The smallest absolute Gasteiger partial charge is 0.0752 e. The SMILES string of the molecule is C=C(C)CCC.C=C/C(S)=C(\C=C/C)N=C.CCc1ccc(C)c(C)c1. The van der Waals surface area contributed by atoms with Crippen LogP contribution in [0.5, 0.6) is 0 Å². The Labute approximate surface area is 167 Å². The maximum Gasteiger partial charge on any atom is 0.0752 e. The van der Waals surface area contributed by atoms with Crippen LogP contribution in [0, 0.1) is 13.8 Å². The second kappa shape index (κ2) is 16.7. The van der Waals surface area contributed by atoms with Crippen molar-refractivity contribution in [3.63, 3.8) is 0 Å². The highest BCUT2D eigenvalue weighted by atomic mass is 32.1. The van der Waals surface area contributed by atoms with E-state index in [4.69, 9.17) is 0 Å². The zero-order valence-electron chi connectivity index (χ0n) is 17.6. The van der Waals surface area contributed by atoms with Crippen molar-refractivity contribution in [1.29, 1.82) is 0 Å². The number of allylic oxidation sites excluding steroid dienone is 4. The third kappa shape index (κ3) is 13.5. The summed E-state index contributed by atoms with van der Waals surface area (Å²) in [6, 6.07) is 6.64. The van der Waals surface area contributed by atoms with Crippen LogP contribution in [-0.2, 0) is 6.42 Å². The van der Waals surface area contributed by atoms with Gasteiger partial charge in [-0.25, -0.2) is 0 Å². The average Bonchev–Trinajstić information content (AvgIpc) is 2.62. The second-order valence-electron chi connectivity index (χ2n) is 6.11. The number of rotatable bonds is 6. The highest BCUT2D eigenvalue weighted by Gasteiger charge is 1.92. The van der Waals surface area contributed by atoms with Crippen molar-refractivity contribution in [1.82, 2.24) is 0 Å². The van der Waals surface area contributed by atoms with E-state index in [2.05, 4.69) is 90.3 Å². The summed E-state index contributed by atoms with van der Waals surface area (Å²) >= 11 is 4.12. The second-order valence-corrected chi connectivity index (χ2v) is 6.59. The normalized spacial score (nSPS) is 10.7. The lowest BCUT2D eigenvalue weighted by molar-refractivity contribution is 0.910. The van der Waals surface area contributed by atoms with Gasteiger partial charge in [-0.1, -0.05) is 62.8 Å². The van der Waals surface area contributed by atoms with E-state index in [1.54, 1.807) is 6.08 Å². The van der Waals surface area contributed by atoms with Crippen LogP contribution in [-0.4, -0.2) is 6.72 Å². The Morgan fingerprint density at radius 1 is 1.19 bits per heavy atom. The predicted molar refractivity (Wildman–Crippen MR) is 126 cm³/mol. The van der Waals surface area contributed by atoms with Gasteiger partial charge in [0.15, 0.2) is 0 Å². The number of benzene rings is 1. The highest BCUT2D eigenvalue weighted by Crippen LogP contribution is 2.11. The van der Waals surface area contributed by atoms with E-state index in [-0.39, 0.29) is 0 Å². The first-order chi connectivity index (χ1) is 12.3. The minimum absolute atomic E-state index is 0.744. The molecule has 0 unspecified atom stereocenters. The summed E-state index contributed by atoms with van der Waals surface area (Å²) < 4.78 is 0. The van der Waals surface area contributed by atoms with E-state index in [1.165, 1.54) is 35.1 Å². The van der Waals surface area contributed by atoms with Crippen LogP contribution < -0.4 is 0 Å². The minimum Gasteiger partial charge on any atom is -0.264 e. The van der Waals surface area contributed by atoms with E-state index in [9.17, 15) is 0 Å². The maximum absolute atomic E-state index is 4.12. The van der Waals surface area contributed by atoms with E-state index in [0.717, 1.165) is 17.0 Å². The predicted octanol–water partition coefficient (Wildman–Crippen LogP) is 7.82. The van der Waals surface area contributed by atoms with Crippen LogP contribution in [0.25, 0.3) is 0 Å².